The van der Waals surface area contributed by atoms with Crippen molar-refractivity contribution in [2.75, 3.05) is 51.3 Å². The number of piperidine rings is 1. The Morgan fingerprint density at radius 3 is 2.37 bits per heavy atom. The van der Waals surface area contributed by atoms with Crippen molar-refractivity contribution < 1.29 is 14.5 Å². The Morgan fingerprint density at radius 2 is 1.67 bits per heavy atom. The Hall–Kier alpha value is -2.04. The van der Waals surface area contributed by atoms with E-state index in [0.29, 0.717) is 0 Å². The summed E-state index contributed by atoms with van der Waals surface area (Å²) in [5, 5.41) is 0. The first-order chi connectivity index (χ1) is 13.3. The van der Waals surface area contributed by atoms with E-state index >= 15 is 0 Å². The van der Waals surface area contributed by atoms with E-state index in [2.05, 4.69) is 53.4 Å². The third kappa shape index (κ3) is 4.63. The highest BCUT2D eigenvalue weighted by Crippen LogP contribution is 2.13. The van der Waals surface area contributed by atoms with Crippen LogP contribution in [-0.4, -0.2) is 52.4 Å². The van der Waals surface area contributed by atoms with Gasteiger partial charge in [0.25, 0.3) is 0 Å². The van der Waals surface area contributed by atoms with Crippen molar-refractivity contribution in [2.45, 2.75) is 25.4 Å². The maximum absolute atomic E-state index is 5.36. The number of hydrogen-bond donors (Lipinski definition) is 2. The fourth-order valence-electron chi connectivity index (χ4n) is 4.78. The summed E-state index contributed by atoms with van der Waals surface area (Å²) < 4.78 is 5.36. The second-order valence-corrected chi connectivity index (χ2v) is 8.03. The van der Waals surface area contributed by atoms with E-state index in [1.165, 1.54) is 63.4 Å². The lowest BCUT2D eigenvalue weighted by Gasteiger charge is -2.39. The third-order valence-electron chi connectivity index (χ3n) is 6.39. The summed E-state index contributed by atoms with van der Waals surface area (Å²) in [7, 11) is 1.75. The predicted molar refractivity (Wildman–Crippen MR) is 110 cm³/mol. The number of hydrogen-bond acceptors (Lipinski definition) is 2. The average molecular weight is 368 g/mol. The zero-order valence-electron chi connectivity index (χ0n) is 16.5. The number of ether oxygens (including phenoxy) is 1. The van der Waals surface area contributed by atoms with Crippen LogP contribution < -0.4 is 19.4 Å². The molecular formula is C23H33N3O+2. The number of rotatable bonds is 5. The zero-order chi connectivity index (χ0) is 18.5. The first-order valence-corrected chi connectivity index (χ1v) is 10.4. The van der Waals surface area contributed by atoms with Crippen LogP contribution in [-0.2, 0) is 6.54 Å². The summed E-state index contributed by atoms with van der Waals surface area (Å²) in [5.74, 6) is 0.975. The summed E-state index contributed by atoms with van der Waals surface area (Å²) in [6.45, 7) is 8.67. The average Bonchev–Trinajstić information content (AvgIpc) is 2.75. The molecule has 144 valence electrons. The van der Waals surface area contributed by atoms with Gasteiger partial charge in [0, 0.05) is 24.1 Å². The molecule has 0 saturated carbocycles. The molecule has 2 saturated heterocycles. The van der Waals surface area contributed by atoms with Crippen LogP contribution in [0, 0.1) is 0 Å². The van der Waals surface area contributed by atoms with Crippen LogP contribution in [0.15, 0.2) is 54.6 Å². The molecule has 2 heterocycles. The summed E-state index contributed by atoms with van der Waals surface area (Å²) in [6.07, 6.45) is 2.72. The van der Waals surface area contributed by atoms with Gasteiger partial charge in [-0.1, -0.05) is 30.3 Å². The number of nitrogens with zero attached hydrogens (tertiary/aromatic N) is 1. The van der Waals surface area contributed by atoms with Crippen LogP contribution in [0.2, 0.25) is 0 Å². The first kappa shape index (κ1) is 18.3. The van der Waals surface area contributed by atoms with Crippen LogP contribution >= 0.6 is 0 Å². The van der Waals surface area contributed by atoms with Crippen LogP contribution in [0.4, 0.5) is 5.69 Å². The van der Waals surface area contributed by atoms with Crippen molar-refractivity contribution in [2.24, 2.45) is 0 Å². The van der Waals surface area contributed by atoms with Crippen molar-refractivity contribution in [3.05, 3.63) is 60.2 Å². The molecule has 27 heavy (non-hydrogen) atoms. The standard InChI is InChI=1S/C23H31N3O/c1-27-23-9-5-6-20(18-23)19-24-12-10-22(11-13-24)26-16-14-25(15-17-26)21-7-3-2-4-8-21/h2-9,18,22H,10-17,19H2,1H3/p+2. The maximum Gasteiger partial charge on any atom is 0.119 e. The highest BCUT2D eigenvalue weighted by Gasteiger charge is 2.32. The normalized spacial score (nSPS) is 24.0. The molecule has 0 radical (unpaired) electrons. The van der Waals surface area contributed by atoms with Crippen molar-refractivity contribution in [3.8, 4) is 5.75 Å². The molecule has 0 aromatic heterocycles. The van der Waals surface area contributed by atoms with Crippen LogP contribution in [0.5, 0.6) is 5.75 Å². The molecule has 0 unspecified atom stereocenters. The molecule has 0 spiro atoms. The Labute approximate surface area is 163 Å². The van der Waals surface area contributed by atoms with Crippen molar-refractivity contribution in [3.63, 3.8) is 0 Å². The van der Waals surface area contributed by atoms with E-state index in [4.69, 9.17) is 4.74 Å². The molecule has 2 aromatic rings. The number of para-hydroxylation sites is 1. The molecule has 2 N–H and O–H groups in total. The number of piperazine rings is 1. The summed E-state index contributed by atoms with van der Waals surface area (Å²) in [5.41, 5.74) is 2.78. The Bertz CT molecular complexity index is 705. The molecule has 4 rings (SSSR count). The topological polar surface area (TPSA) is 21.4 Å². The minimum Gasteiger partial charge on any atom is -0.497 e. The van der Waals surface area contributed by atoms with E-state index in [9.17, 15) is 0 Å². The molecule has 0 bridgehead atoms. The Morgan fingerprint density at radius 1 is 0.926 bits per heavy atom. The van der Waals surface area contributed by atoms with E-state index in [-0.39, 0.29) is 0 Å². The maximum atomic E-state index is 5.36. The molecule has 2 aliphatic rings. The number of methoxy groups -OCH3 is 1. The molecule has 0 atom stereocenters. The number of benzene rings is 2. The number of anilines is 1. The van der Waals surface area contributed by atoms with Gasteiger partial charge in [0.05, 0.1) is 52.4 Å². The van der Waals surface area contributed by atoms with Crippen LogP contribution in [0.1, 0.15) is 18.4 Å². The fraction of sp³-hybridized carbons (Fsp3) is 0.478. The minimum atomic E-state index is 0.858. The Balaban J connectivity index is 1.24. The first-order valence-electron chi connectivity index (χ1n) is 10.4. The van der Waals surface area contributed by atoms with Gasteiger partial charge < -0.3 is 19.4 Å². The van der Waals surface area contributed by atoms with Gasteiger partial charge in [-0.2, -0.15) is 0 Å². The van der Waals surface area contributed by atoms with Crippen LogP contribution in [0.25, 0.3) is 0 Å². The SMILES string of the molecule is COc1cccc(C[NH+]2CCC([NH+]3CCN(c4ccccc4)CC3)CC2)c1. The molecular weight excluding hydrogens is 334 g/mol. The molecule has 4 heteroatoms. The number of quaternary nitrogens is 2. The smallest absolute Gasteiger partial charge is 0.119 e. The van der Waals surface area contributed by atoms with E-state index in [1.807, 2.05) is 11.0 Å². The molecule has 2 aliphatic heterocycles. The van der Waals surface area contributed by atoms with Crippen molar-refractivity contribution in [1.29, 1.82) is 0 Å². The number of likely N-dealkylation sites (tertiary alicyclic amines) is 1. The fourth-order valence-corrected chi connectivity index (χ4v) is 4.78. The molecule has 0 amide bonds. The lowest BCUT2D eigenvalue weighted by atomic mass is 10.0. The van der Waals surface area contributed by atoms with E-state index in [1.54, 1.807) is 12.0 Å². The van der Waals surface area contributed by atoms with Gasteiger partial charge in [0.1, 0.15) is 12.3 Å². The lowest BCUT2D eigenvalue weighted by Crippen LogP contribution is -3.21. The third-order valence-corrected chi connectivity index (χ3v) is 6.39. The van der Waals surface area contributed by atoms with Gasteiger partial charge in [-0.05, 0) is 24.3 Å². The second-order valence-electron chi connectivity index (χ2n) is 8.03. The van der Waals surface area contributed by atoms with Gasteiger partial charge in [-0.15, -0.1) is 0 Å². The van der Waals surface area contributed by atoms with Gasteiger partial charge in [-0.3, -0.25) is 0 Å². The molecule has 0 aliphatic carbocycles. The van der Waals surface area contributed by atoms with Crippen LogP contribution in [0.3, 0.4) is 0 Å². The zero-order valence-corrected chi connectivity index (χ0v) is 16.5. The molecule has 2 fully saturated rings. The van der Waals surface area contributed by atoms with Gasteiger partial charge >= 0.3 is 0 Å². The summed E-state index contributed by atoms with van der Waals surface area (Å²) >= 11 is 0. The largest absolute Gasteiger partial charge is 0.497 e. The van der Waals surface area contributed by atoms with Gasteiger partial charge in [0.2, 0.25) is 0 Å². The van der Waals surface area contributed by atoms with E-state index in [0.717, 1.165) is 18.3 Å². The second kappa shape index (κ2) is 8.77. The number of nitrogens with one attached hydrogen (secondary N) is 2. The van der Waals surface area contributed by atoms with E-state index < -0.39 is 0 Å². The summed E-state index contributed by atoms with van der Waals surface area (Å²) in [4.78, 5) is 6.11. The monoisotopic (exact) mass is 367 g/mol. The van der Waals surface area contributed by atoms with Crippen molar-refractivity contribution >= 4 is 5.69 Å². The quantitative estimate of drug-likeness (QED) is 0.810. The van der Waals surface area contributed by atoms with Crippen molar-refractivity contribution in [1.82, 2.24) is 0 Å². The van der Waals surface area contributed by atoms with Gasteiger partial charge in [0.15, 0.2) is 0 Å². The molecule has 2 aromatic carbocycles. The Kier molecular flexibility index (Phi) is 5.95. The highest BCUT2D eigenvalue weighted by molar-refractivity contribution is 5.46. The predicted octanol–water partition coefficient (Wildman–Crippen LogP) is 0.648. The minimum absolute atomic E-state index is 0.858. The molecule has 4 nitrogen and oxygen atoms in total. The van der Waals surface area contributed by atoms with Gasteiger partial charge in [-0.25, -0.2) is 0 Å². The lowest BCUT2D eigenvalue weighted by molar-refractivity contribution is -0.963. The summed E-state index contributed by atoms with van der Waals surface area (Å²) in [6, 6.07) is 20.3. The highest BCUT2D eigenvalue weighted by atomic mass is 16.5.